The van der Waals surface area contributed by atoms with Crippen LogP contribution in [0.5, 0.6) is 5.75 Å². The van der Waals surface area contributed by atoms with E-state index in [1.165, 1.54) is 11.0 Å². The zero-order valence-electron chi connectivity index (χ0n) is 16.7. The van der Waals surface area contributed by atoms with E-state index in [-0.39, 0.29) is 11.3 Å². The van der Waals surface area contributed by atoms with Gasteiger partial charge in [-0.05, 0) is 43.3 Å². The highest BCUT2D eigenvalue weighted by molar-refractivity contribution is 6.51. The third-order valence-electron chi connectivity index (χ3n) is 4.92. The Morgan fingerprint density at radius 2 is 1.90 bits per heavy atom. The van der Waals surface area contributed by atoms with Crippen molar-refractivity contribution in [1.82, 2.24) is 4.98 Å². The van der Waals surface area contributed by atoms with Gasteiger partial charge in [0.1, 0.15) is 17.6 Å². The van der Waals surface area contributed by atoms with Gasteiger partial charge >= 0.3 is 0 Å². The van der Waals surface area contributed by atoms with Crippen LogP contribution in [0.2, 0.25) is 5.02 Å². The highest BCUT2D eigenvalue weighted by atomic mass is 35.5. The van der Waals surface area contributed by atoms with Crippen molar-refractivity contribution in [3.05, 3.63) is 94.8 Å². The number of ketones is 1. The van der Waals surface area contributed by atoms with Crippen molar-refractivity contribution < 1.29 is 19.4 Å². The molecule has 1 saturated heterocycles. The lowest BCUT2D eigenvalue weighted by Crippen LogP contribution is -2.29. The van der Waals surface area contributed by atoms with E-state index in [1.54, 1.807) is 66.9 Å². The van der Waals surface area contributed by atoms with Crippen molar-refractivity contribution in [2.75, 3.05) is 11.5 Å². The zero-order chi connectivity index (χ0) is 22.0. The van der Waals surface area contributed by atoms with Crippen molar-refractivity contribution in [2.24, 2.45) is 0 Å². The van der Waals surface area contributed by atoms with Gasteiger partial charge in [-0.15, -0.1) is 0 Å². The molecular weight excluding hydrogens is 416 g/mol. The number of ether oxygens (including phenoxy) is 1. The Morgan fingerprint density at radius 3 is 2.61 bits per heavy atom. The number of pyridine rings is 1. The smallest absolute Gasteiger partial charge is 0.300 e. The SMILES string of the molecule is CCOc1cccc(N2C(=O)C(=O)/C(=C(/O)c3cccc(Cl)c3)C2c2ccccn2)c1. The third kappa shape index (κ3) is 3.90. The Labute approximate surface area is 184 Å². The van der Waals surface area contributed by atoms with E-state index < -0.39 is 17.7 Å². The number of aliphatic hydroxyl groups excluding tert-OH is 1. The van der Waals surface area contributed by atoms with Crippen molar-refractivity contribution in [3.63, 3.8) is 0 Å². The number of hydrogen-bond acceptors (Lipinski definition) is 5. The summed E-state index contributed by atoms with van der Waals surface area (Å²) >= 11 is 6.06. The van der Waals surface area contributed by atoms with Gasteiger partial charge < -0.3 is 9.84 Å². The molecule has 1 aliphatic heterocycles. The fraction of sp³-hybridized carbons (Fsp3) is 0.125. The number of carbonyl (C=O) groups is 2. The molecule has 0 saturated carbocycles. The molecule has 2 heterocycles. The summed E-state index contributed by atoms with van der Waals surface area (Å²) < 4.78 is 5.55. The van der Waals surface area contributed by atoms with Gasteiger partial charge in [0.2, 0.25) is 0 Å². The van der Waals surface area contributed by atoms with Crippen LogP contribution in [0.25, 0.3) is 5.76 Å². The van der Waals surface area contributed by atoms with E-state index in [9.17, 15) is 14.7 Å². The van der Waals surface area contributed by atoms with E-state index in [2.05, 4.69) is 4.98 Å². The summed E-state index contributed by atoms with van der Waals surface area (Å²) in [5, 5.41) is 11.4. The molecule has 6 nitrogen and oxygen atoms in total. The maximum Gasteiger partial charge on any atom is 0.300 e. The molecule has 1 aromatic heterocycles. The number of carbonyl (C=O) groups excluding carboxylic acids is 2. The van der Waals surface area contributed by atoms with Crippen LogP contribution in [-0.2, 0) is 9.59 Å². The first-order chi connectivity index (χ1) is 15.0. The standard InChI is InChI=1S/C24H19ClN2O4/c1-2-31-18-10-6-9-17(14-18)27-21(19-11-3-4-12-26-19)20(23(29)24(27)30)22(28)15-7-5-8-16(25)13-15/h3-14,21,28H,2H2,1H3/b22-20+. The van der Waals surface area contributed by atoms with Gasteiger partial charge in [-0.2, -0.15) is 0 Å². The second-order valence-corrected chi connectivity index (χ2v) is 7.30. The summed E-state index contributed by atoms with van der Waals surface area (Å²) in [4.78, 5) is 31.9. The predicted octanol–water partition coefficient (Wildman–Crippen LogP) is 4.76. The molecule has 2 aromatic carbocycles. The molecule has 3 aromatic rings. The molecule has 4 rings (SSSR count). The number of rotatable bonds is 5. The summed E-state index contributed by atoms with van der Waals surface area (Å²) in [6, 6.07) is 17.7. The van der Waals surface area contributed by atoms with Crippen LogP contribution in [0.3, 0.4) is 0 Å². The van der Waals surface area contributed by atoms with Gasteiger partial charge in [0.15, 0.2) is 0 Å². The van der Waals surface area contributed by atoms with Gasteiger partial charge in [-0.3, -0.25) is 19.5 Å². The minimum Gasteiger partial charge on any atom is -0.507 e. The van der Waals surface area contributed by atoms with Crippen molar-refractivity contribution in [2.45, 2.75) is 13.0 Å². The van der Waals surface area contributed by atoms with Crippen LogP contribution in [0, 0.1) is 0 Å². The quantitative estimate of drug-likeness (QED) is 0.356. The molecule has 0 bridgehead atoms. The number of benzene rings is 2. The van der Waals surface area contributed by atoms with E-state index >= 15 is 0 Å². The van der Waals surface area contributed by atoms with Gasteiger partial charge in [-0.25, -0.2) is 0 Å². The molecule has 1 amide bonds. The number of amides is 1. The van der Waals surface area contributed by atoms with Crippen LogP contribution in [0.1, 0.15) is 24.2 Å². The lowest BCUT2D eigenvalue weighted by molar-refractivity contribution is -0.132. The Balaban J connectivity index is 1.92. The molecule has 1 aliphatic rings. The normalized spacial score (nSPS) is 17.7. The van der Waals surface area contributed by atoms with Gasteiger partial charge in [0, 0.05) is 28.5 Å². The van der Waals surface area contributed by atoms with Crippen LogP contribution in [0.15, 0.2) is 78.5 Å². The van der Waals surface area contributed by atoms with E-state index in [0.717, 1.165) is 0 Å². The number of halogens is 1. The number of hydrogen-bond donors (Lipinski definition) is 1. The topological polar surface area (TPSA) is 79.7 Å². The molecule has 1 atom stereocenters. The van der Waals surface area contributed by atoms with E-state index in [0.29, 0.717) is 34.3 Å². The highest BCUT2D eigenvalue weighted by Gasteiger charge is 2.47. The average molecular weight is 435 g/mol. The average Bonchev–Trinajstić information content (AvgIpc) is 3.05. The largest absolute Gasteiger partial charge is 0.507 e. The van der Waals surface area contributed by atoms with Crippen molar-refractivity contribution >= 4 is 34.7 Å². The predicted molar refractivity (Wildman–Crippen MR) is 118 cm³/mol. The van der Waals surface area contributed by atoms with Crippen LogP contribution < -0.4 is 9.64 Å². The Morgan fingerprint density at radius 1 is 1.10 bits per heavy atom. The van der Waals surface area contributed by atoms with Gasteiger partial charge in [0.05, 0.1) is 17.9 Å². The first kappa shape index (κ1) is 20.6. The molecule has 1 unspecified atom stereocenters. The van der Waals surface area contributed by atoms with Crippen LogP contribution in [-0.4, -0.2) is 28.4 Å². The number of Topliss-reactive ketones (excluding diaryl/α,β-unsaturated/α-hetero) is 1. The van der Waals surface area contributed by atoms with E-state index in [1.807, 2.05) is 6.92 Å². The summed E-state index contributed by atoms with van der Waals surface area (Å²) in [6.45, 7) is 2.32. The monoisotopic (exact) mass is 434 g/mol. The second kappa shape index (κ2) is 8.62. The van der Waals surface area contributed by atoms with Crippen molar-refractivity contribution in [3.8, 4) is 5.75 Å². The Bertz CT molecular complexity index is 1180. The number of aromatic nitrogens is 1. The molecular formula is C24H19ClN2O4. The molecule has 156 valence electrons. The van der Waals surface area contributed by atoms with Crippen molar-refractivity contribution in [1.29, 1.82) is 0 Å². The molecule has 7 heteroatoms. The maximum absolute atomic E-state index is 13.1. The van der Waals surface area contributed by atoms with Crippen LogP contribution >= 0.6 is 11.6 Å². The summed E-state index contributed by atoms with van der Waals surface area (Å²) in [6.07, 6.45) is 1.57. The van der Waals surface area contributed by atoms with E-state index in [4.69, 9.17) is 16.3 Å². The fourth-order valence-electron chi connectivity index (χ4n) is 3.60. The summed E-state index contributed by atoms with van der Waals surface area (Å²) in [5.74, 6) is -1.29. The molecule has 1 N–H and O–H groups in total. The molecule has 0 aliphatic carbocycles. The minimum absolute atomic E-state index is 0.0484. The van der Waals surface area contributed by atoms with Gasteiger partial charge in [-0.1, -0.05) is 35.9 Å². The second-order valence-electron chi connectivity index (χ2n) is 6.86. The zero-order valence-corrected chi connectivity index (χ0v) is 17.4. The molecule has 31 heavy (non-hydrogen) atoms. The lowest BCUT2D eigenvalue weighted by atomic mass is 9.98. The fourth-order valence-corrected chi connectivity index (χ4v) is 3.79. The highest BCUT2D eigenvalue weighted by Crippen LogP contribution is 2.42. The number of anilines is 1. The Hall–Kier alpha value is -3.64. The first-order valence-corrected chi connectivity index (χ1v) is 10.1. The molecule has 1 fully saturated rings. The lowest BCUT2D eigenvalue weighted by Gasteiger charge is -2.25. The van der Waals surface area contributed by atoms with Crippen LogP contribution in [0.4, 0.5) is 5.69 Å². The molecule has 0 spiro atoms. The Kier molecular flexibility index (Phi) is 5.73. The first-order valence-electron chi connectivity index (χ1n) is 9.72. The molecule has 0 radical (unpaired) electrons. The van der Waals surface area contributed by atoms with Gasteiger partial charge in [0.25, 0.3) is 11.7 Å². The maximum atomic E-state index is 13.1. The minimum atomic E-state index is -0.906. The number of aliphatic hydroxyl groups is 1. The summed E-state index contributed by atoms with van der Waals surface area (Å²) in [7, 11) is 0. The number of nitrogens with zero attached hydrogens (tertiary/aromatic N) is 2. The summed E-state index contributed by atoms with van der Waals surface area (Å²) in [5.41, 5.74) is 1.21. The third-order valence-corrected chi connectivity index (χ3v) is 5.15.